The predicted molar refractivity (Wildman–Crippen MR) is 109 cm³/mol. The van der Waals surface area contributed by atoms with Gasteiger partial charge >= 0.3 is 0 Å². The molecule has 0 saturated heterocycles. The van der Waals surface area contributed by atoms with Crippen LogP contribution < -0.4 is 10.1 Å². The van der Waals surface area contributed by atoms with E-state index in [0.29, 0.717) is 12.3 Å². The van der Waals surface area contributed by atoms with E-state index in [-0.39, 0.29) is 5.91 Å². The molecular formula is C21H28N2O2S. The molecule has 26 heavy (non-hydrogen) atoms. The first kappa shape index (κ1) is 20.3. The lowest BCUT2D eigenvalue weighted by Crippen LogP contribution is -2.24. The number of rotatable bonds is 10. The van der Waals surface area contributed by atoms with Gasteiger partial charge < -0.3 is 10.1 Å². The van der Waals surface area contributed by atoms with Crippen LogP contribution in [0.25, 0.3) is 0 Å². The second-order valence-electron chi connectivity index (χ2n) is 6.02. The summed E-state index contributed by atoms with van der Waals surface area (Å²) in [6.45, 7) is 8.00. The number of nitrogens with one attached hydrogen (secondary N) is 1. The molecule has 0 aliphatic heterocycles. The Morgan fingerprint density at radius 1 is 1.00 bits per heavy atom. The molecule has 0 aliphatic rings. The van der Waals surface area contributed by atoms with Crippen LogP contribution in [0.15, 0.2) is 53.4 Å². The normalized spacial score (nSPS) is 10.8. The van der Waals surface area contributed by atoms with Gasteiger partial charge in [0.15, 0.2) is 0 Å². The molecule has 0 atom stereocenters. The Morgan fingerprint density at radius 2 is 1.62 bits per heavy atom. The minimum Gasteiger partial charge on any atom is -0.497 e. The maximum atomic E-state index is 12.0. The number of hydrogen-bond acceptors (Lipinski definition) is 4. The molecule has 0 heterocycles. The van der Waals surface area contributed by atoms with E-state index in [1.54, 1.807) is 7.11 Å². The molecule has 0 aromatic heterocycles. The molecule has 0 spiro atoms. The molecule has 2 rings (SSSR count). The summed E-state index contributed by atoms with van der Waals surface area (Å²) in [7, 11) is 1.64. The molecule has 2 aromatic carbocycles. The monoisotopic (exact) mass is 372 g/mol. The number of methoxy groups -OCH3 is 1. The van der Waals surface area contributed by atoms with Crippen LogP contribution in [0.1, 0.15) is 25.0 Å². The molecule has 140 valence electrons. The summed E-state index contributed by atoms with van der Waals surface area (Å²) in [6.07, 6.45) is 0. The number of carbonyl (C=O) groups is 1. The van der Waals surface area contributed by atoms with E-state index in [4.69, 9.17) is 4.74 Å². The van der Waals surface area contributed by atoms with E-state index >= 15 is 0 Å². The molecule has 0 unspecified atom stereocenters. The highest BCUT2D eigenvalue weighted by atomic mass is 32.2. The number of nitrogens with zero attached hydrogens (tertiary/aromatic N) is 1. The smallest absolute Gasteiger partial charge is 0.230 e. The Bertz CT molecular complexity index is 667. The lowest BCUT2D eigenvalue weighted by molar-refractivity contribution is -0.118. The molecular weight excluding hydrogens is 344 g/mol. The molecule has 2 aromatic rings. The second kappa shape index (κ2) is 10.9. The average Bonchev–Trinajstić information content (AvgIpc) is 2.70. The van der Waals surface area contributed by atoms with E-state index in [9.17, 15) is 4.79 Å². The van der Waals surface area contributed by atoms with Crippen LogP contribution in [0.4, 0.5) is 0 Å². The zero-order valence-corrected chi connectivity index (χ0v) is 16.6. The minimum absolute atomic E-state index is 0.0398. The van der Waals surface area contributed by atoms with E-state index in [1.807, 2.05) is 24.3 Å². The summed E-state index contributed by atoms with van der Waals surface area (Å²) in [6, 6.07) is 16.2. The van der Waals surface area contributed by atoms with Gasteiger partial charge in [0.2, 0.25) is 5.91 Å². The van der Waals surface area contributed by atoms with E-state index in [0.717, 1.165) is 35.8 Å². The first-order chi connectivity index (χ1) is 12.6. The first-order valence-electron chi connectivity index (χ1n) is 8.98. The van der Waals surface area contributed by atoms with Crippen LogP contribution in [-0.2, 0) is 17.9 Å². The third-order valence-electron chi connectivity index (χ3n) is 4.24. The highest BCUT2D eigenvalue weighted by molar-refractivity contribution is 8.00. The molecule has 0 bridgehead atoms. The minimum atomic E-state index is 0.0398. The fraction of sp³-hybridized carbons (Fsp3) is 0.381. The van der Waals surface area contributed by atoms with E-state index in [2.05, 4.69) is 48.3 Å². The van der Waals surface area contributed by atoms with Crippen molar-refractivity contribution in [1.29, 1.82) is 0 Å². The maximum Gasteiger partial charge on any atom is 0.230 e. The Labute approximate surface area is 160 Å². The third-order valence-corrected chi connectivity index (χ3v) is 5.25. The fourth-order valence-corrected chi connectivity index (χ4v) is 3.27. The zero-order chi connectivity index (χ0) is 18.8. The van der Waals surface area contributed by atoms with Crippen molar-refractivity contribution < 1.29 is 9.53 Å². The van der Waals surface area contributed by atoms with Crippen LogP contribution in [0, 0.1) is 0 Å². The van der Waals surface area contributed by atoms with Crippen molar-refractivity contribution in [1.82, 2.24) is 10.2 Å². The number of hydrogen-bond donors (Lipinski definition) is 1. The SMILES string of the molecule is CCN(CC)Cc1ccc(CNC(=O)CSc2ccc(OC)cc2)cc1. The summed E-state index contributed by atoms with van der Waals surface area (Å²) >= 11 is 1.52. The van der Waals surface area contributed by atoms with E-state index in [1.165, 1.54) is 17.3 Å². The molecule has 5 heteroatoms. The topological polar surface area (TPSA) is 41.6 Å². The maximum absolute atomic E-state index is 12.0. The molecule has 1 amide bonds. The molecule has 0 aliphatic carbocycles. The number of ether oxygens (including phenoxy) is 1. The van der Waals surface area contributed by atoms with Crippen molar-refractivity contribution >= 4 is 17.7 Å². The Morgan fingerprint density at radius 3 is 2.19 bits per heavy atom. The van der Waals surface area contributed by atoms with Crippen LogP contribution in [-0.4, -0.2) is 36.8 Å². The van der Waals surface area contributed by atoms with Crippen LogP contribution in [0.5, 0.6) is 5.75 Å². The van der Waals surface area contributed by atoms with Gasteiger partial charge in [0.25, 0.3) is 0 Å². The van der Waals surface area contributed by atoms with Gasteiger partial charge in [-0.25, -0.2) is 0 Å². The second-order valence-corrected chi connectivity index (χ2v) is 7.07. The lowest BCUT2D eigenvalue weighted by Gasteiger charge is -2.18. The molecule has 0 fully saturated rings. The number of benzene rings is 2. The highest BCUT2D eigenvalue weighted by Crippen LogP contribution is 2.21. The van der Waals surface area contributed by atoms with Gasteiger partial charge in [-0.2, -0.15) is 0 Å². The Balaban J connectivity index is 1.74. The molecule has 0 saturated carbocycles. The van der Waals surface area contributed by atoms with E-state index < -0.39 is 0 Å². The van der Waals surface area contributed by atoms with Gasteiger partial charge in [0.1, 0.15) is 5.75 Å². The summed E-state index contributed by atoms with van der Waals surface area (Å²) in [5, 5.41) is 2.98. The third kappa shape index (κ3) is 6.73. The largest absolute Gasteiger partial charge is 0.497 e. The van der Waals surface area contributed by atoms with Gasteiger partial charge in [-0.05, 0) is 48.5 Å². The number of amides is 1. The first-order valence-corrected chi connectivity index (χ1v) is 9.96. The van der Waals surface area contributed by atoms with Crippen LogP contribution >= 0.6 is 11.8 Å². The Kier molecular flexibility index (Phi) is 8.51. The van der Waals surface area contributed by atoms with Gasteiger partial charge in [-0.1, -0.05) is 38.1 Å². The summed E-state index contributed by atoms with van der Waals surface area (Å²) in [5.74, 6) is 1.27. The van der Waals surface area contributed by atoms with Crippen LogP contribution in [0.2, 0.25) is 0 Å². The van der Waals surface area contributed by atoms with Gasteiger partial charge in [-0.15, -0.1) is 11.8 Å². The molecule has 4 nitrogen and oxygen atoms in total. The summed E-state index contributed by atoms with van der Waals surface area (Å²) in [5.41, 5.74) is 2.43. The van der Waals surface area contributed by atoms with Gasteiger partial charge in [-0.3, -0.25) is 9.69 Å². The van der Waals surface area contributed by atoms with Gasteiger partial charge in [0.05, 0.1) is 12.9 Å². The number of carbonyl (C=O) groups excluding carboxylic acids is 1. The van der Waals surface area contributed by atoms with Crippen molar-refractivity contribution in [3.05, 3.63) is 59.7 Å². The fourth-order valence-electron chi connectivity index (χ4n) is 2.54. The molecule has 1 N–H and O–H groups in total. The van der Waals surface area contributed by atoms with Crippen molar-refractivity contribution in [3.8, 4) is 5.75 Å². The van der Waals surface area contributed by atoms with Crippen LogP contribution in [0.3, 0.4) is 0 Å². The molecule has 0 radical (unpaired) electrons. The summed E-state index contributed by atoms with van der Waals surface area (Å²) < 4.78 is 5.13. The quantitative estimate of drug-likeness (QED) is 0.641. The lowest BCUT2D eigenvalue weighted by atomic mass is 10.1. The predicted octanol–water partition coefficient (Wildman–Crippen LogP) is 3.95. The zero-order valence-electron chi connectivity index (χ0n) is 15.8. The highest BCUT2D eigenvalue weighted by Gasteiger charge is 2.05. The standard InChI is InChI=1S/C21H28N2O2S/c1-4-23(5-2)15-18-8-6-17(7-9-18)14-22-21(24)16-26-20-12-10-19(25-3)11-13-20/h6-13H,4-5,14-16H2,1-3H3,(H,22,24). The number of thioether (sulfide) groups is 1. The van der Waals surface area contributed by atoms with Crippen molar-refractivity contribution in [2.24, 2.45) is 0 Å². The van der Waals surface area contributed by atoms with Crippen molar-refractivity contribution in [2.75, 3.05) is 26.0 Å². The van der Waals surface area contributed by atoms with Crippen molar-refractivity contribution in [2.45, 2.75) is 31.8 Å². The van der Waals surface area contributed by atoms with Gasteiger partial charge in [0, 0.05) is 18.0 Å². The Hall–Kier alpha value is -1.98. The van der Waals surface area contributed by atoms with Crippen molar-refractivity contribution in [3.63, 3.8) is 0 Å². The average molecular weight is 373 g/mol. The summed E-state index contributed by atoms with van der Waals surface area (Å²) in [4.78, 5) is 15.5.